The average molecular weight is 673 g/mol. The highest BCUT2D eigenvalue weighted by atomic mass is 79.9. The number of aliphatic hydroxyl groups is 3. The lowest BCUT2D eigenvalue weighted by molar-refractivity contribution is -0.211. The Morgan fingerprint density at radius 2 is 1.79 bits per heavy atom. The maximum absolute atomic E-state index is 14.4. The van der Waals surface area contributed by atoms with Crippen molar-refractivity contribution < 1.29 is 47.1 Å². The van der Waals surface area contributed by atoms with Gasteiger partial charge in [0.05, 0.1) is 29.4 Å². The molecule has 2 aromatic carbocycles. The Morgan fingerprint density at radius 1 is 1.09 bits per heavy atom. The summed E-state index contributed by atoms with van der Waals surface area (Å²) in [6.07, 6.45) is -3.23. The van der Waals surface area contributed by atoms with Crippen LogP contribution in [0.2, 0.25) is 0 Å². The monoisotopic (exact) mass is 672 g/mol. The number of amides is 1. The number of nitrogens with zero attached hydrogens (tertiary/aromatic N) is 4. The number of ether oxygens (including phenoxy) is 2. The van der Waals surface area contributed by atoms with Gasteiger partial charge in [0, 0.05) is 24.4 Å². The zero-order chi connectivity index (χ0) is 31.0. The van der Waals surface area contributed by atoms with Crippen LogP contribution < -0.4 is 4.90 Å². The SMILES string of the molecule is CO[C@@H]1[C@@H](n2cc(-c3cc(F)c(Br)c(F)c3)nn2)[C@@H](O)[C@@H](CO)O[C@H]1C(=O)N(c1ccc(F)c(F)c1)[C@H]1CCCC[C@@H]1O. The molecule has 43 heavy (non-hydrogen) atoms. The third-order valence-corrected chi connectivity index (χ3v) is 8.68. The van der Waals surface area contributed by atoms with E-state index in [0.29, 0.717) is 25.7 Å². The number of methoxy groups -OCH3 is 1. The maximum Gasteiger partial charge on any atom is 0.259 e. The number of carbonyl (C=O) groups excluding carboxylic acids is 1. The fraction of sp³-hybridized carbons (Fsp3) is 0.464. The normalized spacial score (nSPS) is 27.7. The van der Waals surface area contributed by atoms with Gasteiger partial charge in [-0.3, -0.25) is 4.79 Å². The van der Waals surface area contributed by atoms with E-state index >= 15 is 0 Å². The number of rotatable bonds is 7. The minimum atomic E-state index is -1.53. The molecule has 2 heterocycles. The van der Waals surface area contributed by atoms with Gasteiger partial charge in [-0.05, 0) is 53.0 Å². The third kappa shape index (κ3) is 6.06. The van der Waals surface area contributed by atoms with Crippen molar-refractivity contribution in [1.82, 2.24) is 15.0 Å². The van der Waals surface area contributed by atoms with Crippen molar-refractivity contribution in [3.05, 3.63) is 64.3 Å². The molecule has 2 fully saturated rings. The van der Waals surface area contributed by atoms with Crippen molar-refractivity contribution in [1.29, 1.82) is 0 Å². The summed E-state index contributed by atoms with van der Waals surface area (Å²) < 4.78 is 68.9. The van der Waals surface area contributed by atoms with Gasteiger partial charge < -0.3 is 29.7 Å². The molecule has 1 aliphatic carbocycles. The van der Waals surface area contributed by atoms with Crippen molar-refractivity contribution in [3.63, 3.8) is 0 Å². The summed E-state index contributed by atoms with van der Waals surface area (Å²) in [5.41, 5.74) is 0.0527. The Morgan fingerprint density at radius 3 is 2.42 bits per heavy atom. The first kappa shape index (κ1) is 31.5. The van der Waals surface area contributed by atoms with E-state index < -0.39 is 78.4 Å². The van der Waals surface area contributed by atoms with Crippen molar-refractivity contribution in [2.75, 3.05) is 18.6 Å². The van der Waals surface area contributed by atoms with Gasteiger partial charge in [-0.2, -0.15) is 0 Å². The molecule has 0 unspecified atom stereocenters. The maximum atomic E-state index is 14.4. The third-order valence-electron chi connectivity index (χ3n) is 7.92. The first-order chi connectivity index (χ1) is 20.5. The van der Waals surface area contributed by atoms with Crippen LogP contribution in [0.25, 0.3) is 11.3 Å². The van der Waals surface area contributed by atoms with Crippen LogP contribution >= 0.6 is 15.9 Å². The second-order valence-electron chi connectivity index (χ2n) is 10.5. The van der Waals surface area contributed by atoms with Gasteiger partial charge in [0.2, 0.25) is 0 Å². The van der Waals surface area contributed by atoms with Gasteiger partial charge in [-0.25, -0.2) is 22.2 Å². The van der Waals surface area contributed by atoms with Crippen molar-refractivity contribution >= 4 is 27.5 Å². The number of aliphatic hydroxyl groups excluding tert-OH is 3. The molecule has 1 amide bonds. The summed E-state index contributed by atoms with van der Waals surface area (Å²) in [6.45, 7) is -0.722. The summed E-state index contributed by atoms with van der Waals surface area (Å²) in [5, 5.41) is 40.0. The van der Waals surface area contributed by atoms with Crippen LogP contribution in [0, 0.1) is 23.3 Å². The second-order valence-corrected chi connectivity index (χ2v) is 11.3. The quantitative estimate of drug-likeness (QED) is 0.258. The summed E-state index contributed by atoms with van der Waals surface area (Å²) in [6, 6.07) is 2.96. The molecule has 0 radical (unpaired) electrons. The van der Waals surface area contributed by atoms with Crippen LogP contribution in [-0.4, -0.2) is 86.5 Å². The van der Waals surface area contributed by atoms with Gasteiger partial charge in [0.1, 0.15) is 41.7 Å². The number of halogens is 5. The molecule has 0 bridgehead atoms. The van der Waals surface area contributed by atoms with Gasteiger partial charge in [0.25, 0.3) is 5.91 Å². The van der Waals surface area contributed by atoms with Crippen molar-refractivity contribution in [3.8, 4) is 11.3 Å². The standard InChI is InChI=1S/C28H29BrF4N4O6/c1-42-26-24(36-11-19(34-35-36)13-8-17(32)23(29)18(33)9-13)25(40)22(12-38)43-27(26)28(41)37(20-4-2-3-5-21(20)39)14-6-7-15(30)16(31)10-14/h6-11,20-22,24-27,38-40H,2-5,12H2,1H3/t20-,21-,22+,24-,25-,26+,27+/m0/s1. The molecular formula is C28H29BrF4N4O6. The molecule has 1 aliphatic heterocycles. The molecule has 7 atom stereocenters. The molecule has 232 valence electrons. The molecule has 1 saturated heterocycles. The fourth-order valence-electron chi connectivity index (χ4n) is 5.76. The predicted octanol–water partition coefficient (Wildman–Crippen LogP) is 3.28. The van der Waals surface area contributed by atoms with Gasteiger partial charge in [-0.15, -0.1) is 5.10 Å². The Kier molecular flexibility index (Phi) is 9.49. The molecule has 2 aliphatic rings. The molecule has 5 rings (SSSR count). The number of hydrogen-bond donors (Lipinski definition) is 3. The lowest BCUT2D eigenvalue weighted by atomic mass is 9.88. The topological polar surface area (TPSA) is 130 Å². The molecule has 0 spiro atoms. The zero-order valence-corrected chi connectivity index (χ0v) is 24.4. The first-order valence-corrected chi connectivity index (χ1v) is 14.3. The number of aromatic nitrogens is 3. The zero-order valence-electron chi connectivity index (χ0n) is 22.8. The minimum absolute atomic E-state index is 0.0288. The van der Waals surface area contributed by atoms with Crippen LogP contribution in [-0.2, 0) is 14.3 Å². The average Bonchev–Trinajstić information content (AvgIpc) is 3.48. The molecule has 15 heteroatoms. The molecule has 3 N–H and O–H groups in total. The molecule has 10 nitrogen and oxygen atoms in total. The van der Waals surface area contributed by atoms with Gasteiger partial charge >= 0.3 is 0 Å². The summed E-state index contributed by atoms with van der Waals surface area (Å²) in [7, 11) is 1.25. The Hall–Kier alpha value is -2.95. The number of anilines is 1. The number of carbonyl (C=O) groups is 1. The predicted molar refractivity (Wildman–Crippen MR) is 147 cm³/mol. The summed E-state index contributed by atoms with van der Waals surface area (Å²) in [4.78, 5) is 15.4. The van der Waals surface area contributed by atoms with Crippen LogP contribution in [0.3, 0.4) is 0 Å². The minimum Gasteiger partial charge on any atom is -0.394 e. The lowest BCUT2D eigenvalue weighted by Gasteiger charge is -2.46. The van der Waals surface area contributed by atoms with Crippen molar-refractivity contribution in [2.24, 2.45) is 0 Å². The first-order valence-electron chi connectivity index (χ1n) is 13.6. The van der Waals surface area contributed by atoms with E-state index in [2.05, 4.69) is 26.2 Å². The van der Waals surface area contributed by atoms with Crippen LogP contribution in [0.15, 0.2) is 41.0 Å². The van der Waals surface area contributed by atoms with Gasteiger partial charge in [-0.1, -0.05) is 18.1 Å². The van der Waals surface area contributed by atoms with E-state index in [-0.39, 0.29) is 21.4 Å². The Balaban J connectivity index is 1.54. The highest BCUT2D eigenvalue weighted by Crippen LogP contribution is 2.37. The second kappa shape index (κ2) is 13.0. The van der Waals surface area contributed by atoms with E-state index in [9.17, 15) is 37.7 Å². The number of hydrogen-bond acceptors (Lipinski definition) is 8. The lowest BCUT2D eigenvalue weighted by Crippen LogP contribution is -2.63. The van der Waals surface area contributed by atoms with E-state index in [4.69, 9.17) is 9.47 Å². The van der Waals surface area contributed by atoms with E-state index in [1.165, 1.54) is 19.4 Å². The molecule has 1 aromatic heterocycles. The largest absolute Gasteiger partial charge is 0.394 e. The van der Waals surface area contributed by atoms with E-state index in [0.717, 1.165) is 33.8 Å². The Bertz CT molecular complexity index is 1460. The number of benzene rings is 2. The van der Waals surface area contributed by atoms with Gasteiger partial charge in [0.15, 0.2) is 17.7 Å². The van der Waals surface area contributed by atoms with E-state index in [1.807, 2.05) is 0 Å². The molecule has 1 saturated carbocycles. The highest BCUT2D eigenvalue weighted by molar-refractivity contribution is 9.10. The van der Waals surface area contributed by atoms with Crippen LogP contribution in [0.4, 0.5) is 23.2 Å². The summed E-state index contributed by atoms with van der Waals surface area (Å²) in [5.74, 6) is -4.88. The fourth-order valence-corrected chi connectivity index (χ4v) is 5.99. The van der Waals surface area contributed by atoms with Crippen LogP contribution in [0.1, 0.15) is 31.7 Å². The van der Waals surface area contributed by atoms with E-state index in [1.54, 1.807) is 0 Å². The highest BCUT2D eigenvalue weighted by Gasteiger charge is 2.52. The molecule has 3 aromatic rings. The summed E-state index contributed by atoms with van der Waals surface area (Å²) >= 11 is 2.81. The van der Waals surface area contributed by atoms with Crippen LogP contribution in [0.5, 0.6) is 0 Å². The molecular weight excluding hydrogens is 644 g/mol. The smallest absolute Gasteiger partial charge is 0.259 e. The van der Waals surface area contributed by atoms with Crippen molar-refractivity contribution in [2.45, 2.75) is 68.3 Å². The Labute approximate surface area is 251 Å².